The van der Waals surface area contributed by atoms with E-state index >= 15 is 0 Å². The summed E-state index contributed by atoms with van der Waals surface area (Å²) in [7, 11) is 0. The summed E-state index contributed by atoms with van der Waals surface area (Å²) in [5.74, 6) is -4.18. The number of rotatable bonds is 4. The van der Waals surface area contributed by atoms with Crippen molar-refractivity contribution in [3.63, 3.8) is 0 Å². The van der Waals surface area contributed by atoms with Crippen molar-refractivity contribution in [2.75, 3.05) is 0 Å². The van der Waals surface area contributed by atoms with Gasteiger partial charge in [0.25, 0.3) is 0 Å². The van der Waals surface area contributed by atoms with Crippen LogP contribution in [0.25, 0.3) is 0 Å². The maximum Gasteiger partial charge on any atom is 0.338 e. The van der Waals surface area contributed by atoms with Gasteiger partial charge < -0.3 is 34.6 Å². The Morgan fingerprint density at radius 1 is 0.927 bits per heavy atom. The van der Waals surface area contributed by atoms with E-state index in [2.05, 4.69) is 0 Å². The summed E-state index contributed by atoms with van der Waals surface area (Å²) in [5, 5.41) is 46.3. The molecule has 0 saturated heterocycles. The van der Waals surface area contributed by atoms with Crippen molar-refractivity contribution in [1.29, 1.82) is 0 Å². The quantitative estimate of drug-likeness (QED) is 0.239. The summed E-state index contributed by atoms with van der Waals surface area (Å²) >= 11 is 0. The number of hydrogen-bond donors (Lipinski definition) is 4. The third-order valence-electron chi connectivity index (χ3n) is 8.30. The van der Waals surface area contributed by atoms with E-state index in [9.17, 15) is 34.8 Å². The van der Waals surface area contributed by atoms with Gasteiger partial charge in [-0.2, -0.15) is 0 Å². The molecule has 1 fully saturated rings. The van der Waals surface area contributed by atoms with Gasteiger partial charge in [-0.15, -0.1) is 0 Å². The van der Waals surface area contributed by atoms with E-state index in [0.29, 0.717) is 5.57 Å². The zero-order valence-electron chi connectivity index (χ0n) is 24.6. The van der Waals surface area contributed by atoms with Crippen LogP contribution in [0.3, 0.4) is 0 Å². The van der Waals surface area contributed by atoms with Crippen molar-refractivity contribution < 1.29 is 49.0 Å². The Morgan fingerprint density at radius 2 is 1.54 bits per heavy atom. The van der Waals surface area contributed by atoms with Gasteiger partial charge in [0, 0.05) is 31.6 Å². The fourth-order valence-electron chi connectivity index (χ4n) is 5.85. The molecule has 1 aromatic carbocycles. The number of aliphatic hydroxyl groups excluding tert-OH is 3. The minimum absolute atomic E-state index is 0.0240. The molecular formula is C31H42O10. The Hall–Kier alpha value is -3.05. The lowest BCUT2D eigenvalue weighted by molar-refractivity contribution is -0.222. The minimum atomic E-state index is -2.18. The Morgan fingerprint density at radius 3 is 2.10 bits per heavy atom. The van der Waals surface area contributed by atoms with E-state index < -0.39 is 76.9 Å². The molecule has 226 valence electrons. The molecule has 0 aliphatic heterocycles. The van der Waals surface area contributed by atoms with Gasteiger partial charge in [-0.1, -0.05) is 57.2 Å². The third kappa shape index (κ3) is 6.56. The highest BCUT2D eigenvalue weighted by atomic mass is 16.6. The van der Waals surface area contributed by atoms with Crippen LogP contribution < -0.4 is 0 Å². The SMILES string of the molecule is CC(=O)O[C@@H]1C[C@@H](O)/C(C)=C/[C@H]2[C@@H](OC(=O)c3ccccc3)[C@@H](C)[C@H](O)[C@]2(OC(C)=O)[C@H](O)[C@](C)(O)/C=C/C1(C)C. The average Bonchev–Trinajstić information content (AvgIpc) is 3.07. The third-order valence-corrected chi connectivity index (χ3v) is 8.30. The first-order valence-electron chi connectivity index (χ1n) is 13.7. The normalized spacial score (nSPS) is 39.1. The minimum Gasteiger partial charge on any atom is -0.462 e. The Kier molecular flexibility index (Phi) is 9.54. The van der Waals surface area contributed by atoms with E-state index in [1.807, 2.05) is 0 Å². The summed E-state index contributed by atoms with van der Waals surface area (Å²) < 4.78 is 17.2. The van der Waals surface area contributed by atoms with Crippen molar-refractivity contribution in [1.82, 2.24) is 0 Å². The van der Waals surface area contributed by atoms with Gasteiger partial charge in [0.15, 0.2) is 5.60 Å². The number of ether oxygens (including phenoxy) is 3. The molecule has 0 heterocycles. The second kappa shape index (κ2) is 12.1. The summed E-state index contributed by atoms with van der Waals surface area (Å²) in [5.41, 5.74) is -4.61. The molecule has 3 rings (SSSR count). The highest BCUT2D eigenvalue weighted by molar-refractivity contribution is 5.89. The first kappa shape index (κ1) is 32.5. The molecule has 10 heteroatoms. The maximum absolute atomic E-state index is 13.1. The molecule has 0 spiro atoms. The number of benzene rings is 1. The van der Waals surface area contributed by atoms with Gasteiger partial charge >= 0.3 is 17.9 Å². The van der Waals surface area contributed by atoms with Crippen molar-refractivity contribution >= 4 is 17.9 Å². The lowest BCUT2D eigenvalue weighted by Crippen LogP contribution is -2.64. The molecule has 0 amide bonds. The van der Waals surface area contributed by atoms with Crippen LogP contribution >= 0.6 is 0 Å². The Balaban J connectivity index is 2.25. The largest absolute Gasteiger partial charge is 0.462 e. The number of carbonyl (C=O) groups is 3. The highest BCUT2D eigenvalue weighted by Crippen LogP contribution is 2.51. The van der Waals surface area contributed by atoms with Gasteiger partial charge in [0.1, 0.15) is 30.0 Å². The van der Waals surface area contributed by atoms with Crippen LogP contribution in [0.4, 0.5) is 0 Å². The van der Waals surface area contributed by atoms with Crippen molar-refractivity contribution in [3.8, 4) is 0 Å². The molecule has 1 aromatic rings. The molecule has 4 N–H and O–H groups in total. The molecule has 41 heavy (non-hydrogen) atoms. The summed E-state index contributed by atoms with van der Waals surface area (Å²) in [6.07, 6.45) is -2.34. The number of hydrogen-bond acceptors (Lipinski definition) is 10. The number of carbonyl (C=O) groups excluding carboxylic acids is 3. The van der Waals surface area contributed by atoms with Gasteiger partial charge in [0.05, 0.1) is 17.6 Å². The second-order valence-corrected chi connectivity index (χ2v) is 12.1. The van der Waals surface area contributed by atoms with E-state index in [4.69, 9.17) is 14.2 Å². The van der Waals surface area contributed by atoms with Crippen molar-refractivity contribution in [2.24, 2.45) is 17.3 Å². The Bertz CT molecular complexity index is 1190. The van der Waals surface area contributed by atoms with Gasteiger partial charge in [-0.05, 0) is 31.6 Å². The highest BCUT2D eigenvalue weighted by Gasteiger charge is 2.68. The smallest absolute Gasteiger partial charge is 0.338 e. The molecule has 10 nitrogen and oxygen atoms in total. The van der Waals surface area contributed by atoms with Crippen molar-refractivity contribution in [3.05, 3.63) is 59.7 Å². The summed E-state index contributed by atoms with van der Waals surface area (Å²) in [4.78, 5) is 37.6. The number of fused-ring (bicyclic) bond motifs is 1. The fourth-order valence-corrected chi connectivity index (χ4v) is 5.85. The molecule has 0 unspecified atom stereocenters. The number of esters is 3. The van der Waals surface area contributed by atoms with Crippen LogP contribution in [0.15, 0.2) is 54.1 Å². The number of aliphatic hydroxyl groups is 4. The summed E-state index contributed by atoms with van der Waals surface area (Å²) in [6, 6.07) is 8.19. The topological polar surface area (TPSA) is 160 Å². The first-order valence-corrected chi connectivity index (χ1v) is 13.7. The van der Waals surface area contributed by atoms with Gasteiger partial charge in [0.2, 0.25) is 0 Å². The van der Waals surface area contributed by atoms with Crippen LogP contribution in [-0.2, 0) is 23.8 Å². The van der Waals surface area contributed by atoms with Crippen molar-refractivity contribution in [2.45, 2.75) is 96.6 Å². The zero-order valence-corrected chi connectivity index (χ0v) is 24.6. The standard InChI is InChI=1S/C31H42O10/c1-17-15-22-25(40-27(36)21-11-9-8-10-12-21)18(2)26(35)31(22,41-20(4)33)28(37)30(7,38)14-13-29(5,6)24(16-23(17)34)39-19(3)32/h8-15,18,22-26,28,34-35,37-38H,16H2,1-7H3/b14-13+,17-15+/t18-,22+,23-,24-,25+,26+,28-,30-,31+/m1/s1. The zero-order chi connectivity index (χ0) is 30.9. The molecule has 0 bridgehead atoms. The molecule has 2 aliphatic carbocycles. The summed E-state index contributed by atoms with van der Waals surface area (Å²) in [6.45, 7) is 10.3. The van der Waals surface area contributed by atoms with Gasteiger partial charge in [-0.25, -0.2) is 4.79 Å². The average molecular weight is 575 g/mol. The van der Waals surface area contributed by atoms with E-state index in [-0.39, 0.29) is 12.0 Å². The van der Waals surface area contributed by atoms with Crippen LogP contribution in [0, 0.1) is 17.3 Å². The molecule has 1 saturated carbocycles. The lowest BCUT2D eigenvalue weighted by atomic mass is 9.73. The second-order valence-electron chi connectivity index (χ2n) is 12.1. The molecule has 9 atom stereocenters. The monoisotopic (exact) mass is 574 g/mol. The lowest BCUT2D eigenvalue weighted by Gasteiger charge is -2.46. The fraction of sp³-hybridized carbons (Fsp3) is 0.581. The molecule has 2 aliphatic rings. The molecular weight excluding hydrogens is 532 g/mol. The molecule has 0 radical (unpaired) electrons. The van der Waals surface area contributed by atoms with Crippen LogP contribution in [-0.4, -0.2) is 80.1 Å². The van der Waals surface area contributed by atoms with E-state index in [1.54, 1.807) is 64.1 Å². The first-order chi connectivity index (χ1) is 18.9. The molecule has 0 aromatic heterocycles. The predicted molar refractivity (Wildman–Crippen MR) is 148 cm³/mol. The van der Waals surface area contributed by atoms with Crippen LogP contribution in [0.1, 0.15) is 65.2 Å². The van der Waals surface area contributed by atoms with Crippen LogP contribution in [0.2, 0.25) is 0 Å². The van der Waals surface area contributed by atoms with E-state index in [1.165, 1.54) is 26.0 Å². The van der Waals surface area contributed by atoms with E-state index in [0.717, 1.165) is 6.92 Å². The van der Waals surface area contributed by atoms with Gasteiger partial charge in [-0.3, -0.25) is 9.59 Å². The predicted octanol–water partition coefficient (Wildman–Crippen LogP) is 2.48. The Labute approximate surface area is 240 Å². The maximum atomic E-state index is 13.1. The van der Waals surface area contributed by atoms with Crippen LogP contribution in [0.5, 0.6) is 0 Å².